The van der Waals surface area contributed by atoms with E-state index in [1.54, 1.807) is 0 Å². The van der Waals surface area contributed by atoms with Crippen LogP contribution in [0.15, 0.2) is 60.8 Å². The second kappa shape index (κ2) is 7.71. The van der Waals surface area contributed by atoms with E-state index < -0.39 is 23.3 Å². The van der Waals surface area contributed by atoms with Gasteiger partial charge in [-0.3, -0.25) is 4.98 Å². The van der Waals surface area contributed by atoms with Crippen molar-refractivity contribution in [1.29, 1.82) is 0 Å². The van der Waals surface area contributed by atoms with Gasteiger partial charge in [-0.25, -0.2) is 22.5 Å². The van der Waals surface area contributed by atoms with Crippen LogP contribution in [0.5, 0.6) is 0 Å². The second-order valence-corrected chi connectivity index (χ2v) is 7.09. The van der Waals surface area contributed by atoms with Gasteiger partial charge in [-0.2, -0.15) is 0 Å². The predicted molar refractivity (Wildman–Crippen MR) is 108 cm³/mol. The molecular formula is C24H16F4N2. The predicted octanol–water partition coefficient (Wildman–Crippen LogP) is 6.65. The summed E-state index contributed by atoms with van der Waals surface area (Å²) in [4.78, 5) is 8.97. The van der Waals surface area contributed by atoms with Crippen LogP contribution in [-0.4, -0.2) is 9.97 Å². The molecule has 3 aromatic carbocycles. The minimum absolute atomic E-state index is 0.117. The van der Waals surface area contributed by atoms with Gasteiger partial charge in [0.1, 0.15) is 23.3 Å². The van der Waals surface area contributed by atoms with E-state index in [-0.39, 0.29) is 22.5 Å². The molecule has 2 nitrogen and oxygen atoms in total. The van der Waals surface area contributed by atoms with Gasteiger partial charge in [0.25, 0.3) is 0 Å². The summed E-state index contributed by atoms with van der Waals surface area (Å²) in [5, 5.41) is 0. The molecule has 4 aromatic rings. The highest BCUT2D eigenvalue weighted by Gasteiger charge is 2.17. The number of nitrogens with zero attached hydrogens (tertiary/aromatic N) is 2. The van der Waals surface area contributed by atoms with Crippen LogP contribution < -0.4 is 0 Å². The van der Waals surface area contributed by atoms with Gasteiger partial charge >= 0.3 is 0 Å². The van der Waals surface area contributed by atoms with E-state index in [0.717, 1.165) is 53.1 Å². The van der Waals surface area contributed by atoms with E-state index in [0.29, 0.717) is 5.69 Å². The number of aryl methyl sites for hydroxylation is 2. The molecule has 0 spiro atoms. The van der Waals surface area contributed by atoms with Crippen molar-refractivity contribution in [3.63, 3.8) is 0 Å². The lowest BCUT2D eigenvalue weighted by atomic mass is 10.0. The Kier molecular flexibility index (Phi) is 5.08. The Morgan fingerprint density at radius 2 is 1.17 bits per heavy atom. The molecular weight excluding hydrogens is 392 g/mol. The molecule has 0 fully saturated rings. The van der Waals surface area contributed by atoms with Crippen molar-refractivity contribution >= 4 is 0 Å². The normalized spacial score (nSPS) is 11.0. The van der Waals surface area contributed by atoms with Gasteiger partial charge in [-0.05, 0) is 49.7 Å². The Morgan fingerprint density at radius 3 is 1.73 bits per heavy atom. The van der Waals surface area contributed by atoms with Crippen molar-refractivity contribution in [1.82, 2.24) is 9.97 Å². The average Bonchev–Trinajstić information content (AvgIpc) is 2.68. The SMILES string of the molecule is Cc1ccc(C)c(-c2cnc(-c3cc(F)cc(F)c3)c(-c3cc(F)cc(F)c3)n2)c1. The first kappa shape index (κ1) is 19.8. The zero-order valence-corrected chi connectivity index (χ0v) is 16.2. The summed E-state index contributed by atoms with van der Waals surface area (Å²) in [6.45, 7) is 3.84. The van der Waals surface area contributed by atoms with Crippen LogP contribution in [0.4, 0.5) is 17.6 Å². The molecule has 30 heavy (non-hydrogen) atoms. The Bertz CT molecular complexity index is 1230. The molecule has 0 radical (unpaired) electrons. The van der Waals surface area contributed by atoms with Gasteiger partial charge in [0.2, 0.25) is 0 Å². The van der Waals surface area contributed by atoms with Gasteiger partial charge in [0, 0.05) is 28.8 Å². The standard InChI is InChI=1S/C24H16F4N2/c1-13-3-4-14(2)21(5-13)22-12-29-23(15-6-17(25)10-18(26)7-15)24(30-22)16-8-19(27)11-20(28)9-16/h3-12H,1-2H3. The number of hydrogen-bond donors (Lipinski definition) is 0. The molecule has 0 unspecified atom stereocenters. The van der Waals surface area contributed by atoms with E-state index in [2.05, 4.69) is 9.97 Å². The van der Waals surface area contributed by atoms with Crippen molar-refractivity contribution in [3.05, 3.63) is 95.2 Å². The highest BCUT2D eigenvalue weighted by molar-refractivity contribution is 5.80. The fraction of sp³-hybridized carbons (Fsp3) is 0.0833. The van der Waals surface area contributed by atoms with E-state index >= 15 is 0 Å². The first-order valence-corrected chi connectivity index (χ1v) is 9.18. The van der Waals surface area contributed by atoms with Crippen molar-refractivity contribution < 1.29 is 17.6 Å². The summed E-state index contributed by atoms with van der Waals surface area (Å²) in [5.41, 5.74) is 3.71. The molecule has 0 aliphatic heterocycles. The largest absolute Gasteiger partial charge is 0.252 e. The number of hydrogen-bond acceptors (Lipinski definition) is 2. The Balaban J connectivity index is 2.00. The zero-order valence-electron chi connectivity index (χ0n) is 16.2. The maximum Gasteiger partial charge on any atom is 0.126 e. The number of benzene rings is 3. The summed E-state index contributed by atoms with van der Waals surface area (Å²) in [5.74, 6) is -3.16. The van der Waals surface area contributed by atoms with Crippen LogP contribution in [0.1, 0.15) is 11.1 Å². The van der Waals surface area contributed by atoms with Gasteiger partial charge in [0.05, 0.1) is 23.3 Å². The Labute approximate surface area is 170 Å². The molecule has 1 aromatic heterocycles. The molecule has 0 aliphatic carbocycles. The van der Waals surface area contributed by atoms with Gasteiger partial charge in [0.15, 0.2) is 0 Å². The highest BCUT2D eigenvalue weighted by atomic mass is 19.1. The molecule has 0 N–H and O–H groups in total. The number of rotatable bonds is 3. The topological polar surface area (TPSA) is 25.8 Å². The third kappa shape index (κ3) is 3.94. The number of halogens is 4. The molecule has 6 heteroatoms. The molecule has 0 amide bonds. The fourth-order valence-corrected chi connectivity index (χ4v) is 3.32. The second-order valence-electron chi connectivity index (χ2n) is 7.09. The fourth-order valence-electron chi connectivity index (χ4n) is 3.32. The molecule has 4 rings (SSSR count). The summed E-state index contributed by atoms with van der Waals surface area (Å²) < 4.78 is 55.4. The lowest BCUT2D eigenvalue weighted by Crippen LogP contribution is -1.99. The molecule has 0 aliphatic rings. The third-order valence-corrected chi connectivity index (χ3v) is 4.71. The van der Waals surface area contributed by atoms with Crippen molar-refractivity contribution in [2.45, 2.75) is 13.8 Å². The van der Waals surface area contributed by atoms with Crippen LogP contribution >= 0.6 is 0 Å². The first-order valence-electron chi connectivity index (χ1n) is 9.18. The van der Waals surface area contributed by atoms with Crippen LogP contribution in [0.25, 0.3) is 33.8 Å². The lowest BCUT2D eigenvalue weighted by molar-refractivity contribution is 0.583. The smallest absolute Gasteiger partial charge is 0.126 e. The van der Waals surface area contributed by atoms with Gasteiger partial charge in [-0.15, -0.1) is 0 Å². The van der Waals surface area contributed by atoms with Crippen LogP contribution in [0.2, 0.25) is 0 Å². The Hall–Kier alpha value is -3.54. The maximum absolute atomic E-state index is 13.9. The van der Waals surface area contributed by atoms with Crippen LogP contribution in [-0.2, 0) is 0 Å². The van der Waals surface area contributed by atoms with Crippen LogP contribution in [0.3, 0.4) is 0 Å². The molecule has 0 saturated carbocycles. The average molecular weight is 408 g/mol. The van der Waals surface area contributed by atoms with Crippen molar-refractivity contribution in [2.75, 3.05) is 0 Å². The zero-order chi connectivity index (χ0) is 21.4. The first-order chi connectivity index (χ1) is 14.3. The summed E-state index contributed by atoms with van der Waals surface area (Å²) in [6, 6.07) is 11.7. The minimum atomic E-state index is -0.791. The molecule has 0 bridgehead atoms. The van der Waals surface area contributed by atoms with E-state index in [4.69, 9.17) is 0 Å². The van der Waals surface area contributed by atoms with Crippen LogP contribution in [0, 0.1) is 37.1 Å². The number of aromatic nitrogens is 2. The molecule has 150 valence electrons. The summed E-state index contributed by atoms with van der Waals surface area (Å²) in [7, 11) is 0. The van der Waals surface area contributed by atoms with E-state index in [1.165, 1.54) is 6.20 Å². The third-order valence-electron chi connectivity index (χ3n) is 4.71. The monoisotopic (exact) mass is 408 g/mol. The molecule has 1 heterocycles. The maximum atomic E-state index is 13.9. The molecule has 0 atom stereocenters. The van der Waals surface area contributed by atoms with Crippen molar-refractivity contribution in [3.8, 4) is 33.8 Å². The molecule has 0 saturated heterocycles. The van der Waals surface area contributed by atoms with Gasteiger partial charge < -0.3 is 0 Å². The minimum Gasteiger partial charge on any atom is -0.252 e. The van der Waals surface area contributed by atoms with E-state index in [9.17, 15) is 17.6 Å². The highest BCUT2D eigenvalue weighted by Crippen LogP contribution is 2.33. The quantitative estimate of drug-likeness (QED) is 0.355. The van der Waals surface area contributed by atoms with Gasteiger partial charge in [-0.1, -0.05) is 17.7 Å². The lowest BCUT2D eigenvalue weighted by Gasteiger charge is -2.13. The summed E-state index contributed by atoms with van der Waals surface area (Å²) in [6.07, 6.45) is 1.49. The summed E-state index contributed by atoms with van der Waals surface area (Å²) >= 11 is 0. The van der Waals surface area contributed by atoms with E-state index in [1.807, 2.05) is 32.0 Å². The Morgan fingerprint density at radius 1 is 0.633 bits per heavy atom. The van der Waals surface area contributed by atoms with Crippen molar-refractivity contribution in [2.24, 2.45) is 0 Å².